The van der Waals surface area contributed by atoms with E-state index in [2.05, 4.69) is 26.0 Å². The Morgan fingerprint density at radius 3 is 1.73 bits per heavy atom. The number of hydrogen-bond donors (Lipinski definition) is 0. The number of carbonyl (C=O) groups excluding carboxylic acids is 2. The quantitative estimate of drug-likeness (QED) is 0.0533. The first-order valence-electron chi connectivity index (χ1n) is 12.5. The second-order valence-electron chi connectivity index (χ2n) is 8.37. The maximum Gasteiger partial charge on any atom is 0.316 e. The first kappa shape index (κ1) is 32.0. The molecule has 0 aliphatic carbocycles. The second kappa shape index (κ2) is 25.1. The van der Waals surface area contributed by atoms with Crippen molar-refractivity contribution in [2.24, 2.45) is 5.92 Å². The summed E-state index contributed by atoms with van der Waals surface area (Å²) in [5.74, 6) is -0.783. The van der Waals surface area contributed by atoms with Crippen LogP contribution in [0.2, 0.25) is 0 Å². The van der Waals surface area contributed by atoms with Gasteiger partial charge >= 0.3 is 11.9 Å². The smallest absolute Gasteiger partial charge is 0.316 e. The SMILES string of the molecule is CCCCCCCC/C=C\CCCCCCCC(=O)OC(=O)C(CC)CCCC.[Cd]. The largest absolute Gasteiger partial charge is 0.393 e. The molecule has 0 bridgehead atoms. The number of hydrogen-bond acceptors (Lipinski definition) is 3. The molecule has 3 nitrogen and oxygen atoms in total. The van der Waals surface area contributed by atoms with E-state index in [1.807, 2.05) is 6.92 Å². The number of carbonyl (C=O) groups is 2. The Kier molecular flexibility index (Phi) is 26.7. The molecule has 0 rings (SSSR count). The van der Waals surface area contributed by atoms with Gasteiger partial charge in [-0.15, -0.1) is 0 Å². The van der Waals surface area contributed by atoms with Crippen LogP contribution in [0.1, 0.15) is 136 Å². The summed E-state index contributed by atoms with van der Waals surface area (Å²) in [6, 6.07) is 0. The maximum absolute atomic E-state index is 12.0. The van der Waals surface area contributed by atoms with E-state index >= 15 is 0 Å². The molecule has 0 aliphatic heterocycles. The molecule has 0 aromatic carbocycles. The van der Waals surface area contributed by atoms with Gasteiger partial charge in [0.05, 0.1) is 5.92 Å². The third kappa shape index (κ3) is 21.1. The topological polar surface area (TPSA) is 43.4 Å². The van der Waals surface area contributed by atoms with E-state index in [0.717, 1.165) is 44.9 Å². The fourth-order valence-electron chi connectivity index (χ4n) is 3.53. The molecule has 0 aliphatic rings. The molecule has 0 heterocycles. The fraction of sp³-hybridized carbons (Fsp3) is 0.846. The van der Waals surface area contributed by atoms with Crippen molar-refractivity contribution in [2.75, 3.05) is 0 Å². The summed E-state index contributed by atoms with van der Waals surface area (Å²) in [6.45, 7) is 6.35. The van der Waals surface area contributed by atoms with Crippen molar-refractivity contribution in [1.29, 1.82) is 0 Å². The van der Waals surface area contributed by atoms with Crippen LogP contribution in [0.15, 0.2) is 12.2 Å². The van der Waals surface area contributed by atoms with Gasteiger partial charge in [-0.05, 0) is 44.9 Å². The molecule has 0 aromatic heterocycles. The summed E-state index contributed by atoms with van der Waals surface area (Å²) in [5.41, 5.74) is 0. The maximum atomic E-state index is 12.0. The Morgan fingerprint density at radius 2 is 1.20 bits per heavy atom. The predicted molar refractivity (Wildman–Crippen MR) is 124 cm³/mol. The summed E-state index contributed by atoms with van der Waals surface area (Å²) in [7, 11) is 0. The molecule has 4 heteroatoms. The molecule has 0 radical (unpaired) electrons. The molecular formula is C26H48CdO3. The average molecular weight is 521 g/mol. The monoisotopic (exact) mass is 522 g/mol. The van der Waals surface area contributed by atoms with Crippen molar-refractivity contribution in [3.63, 3.8) is 0 Å². The van der Waals surface area contributed by atoms with Gasteiger partial charge in [0.1, 0.15) is 0 Å². The third-order valence-corrected chi connectivity index (χ3v) is 5.59. The molecule has 0 spiro atoms. The van der Waals surface area contributed by atoms with Gasteiger partial charge in [-0.3, -0.25) is 9.59 Å². The zero-order valence-electron chi connectivity index (χ0n) is 20.4. The predicted octanol–water partition coefficient (Wildman–Crippen LogP) is 8.31. The van der Waals surface area contributed by atoms with Gasteiger partial charge in [-0.2, -0.15) is 0 Å². The van der Waals surface area contributed by atoms with Gasteiger partial charge in [0.2, 0.25) is 0 Å². The van der Waals surface area contributed by atoms with Crippen LogP contribution in [0.5, 0.6) is 0 Å². The van der Waals surface area contributed by atoms with Crippen LogP contribution < -0.4 is 0 Å². The zero-order valence-corrected chi connectivity index (χ0v) is 24.4. The van der Waals surface area contributed by atoms with Crippen molar-refractivity contribution < 1.29 is 41.6 Å². The summed E-state index contributed by atoms with van der Waals surface area (Å²) < 4.78 is 5.03. The van der Waals surface area contributed by atoms with Crippen LogP contribution in [0.4, 0.5) is 0 Å². The van der Waals surface area contributed by atoms with Crippen LogP contribution in [-0.2, 0) is 41.6 Å². The number of unbranched alkanes of at least 4 members (excludes halogenated alkanes) is 12. The van der Waals surface area contributed by atoms with Crippen molar-refractivity contribution in [2.45, 2.75) is 136 Å². The molecule has 1 atom stereocenters. The van der Waals surface area contributed by atoms with Crippen molar-refractivity contribution in [1.82, 2.24) is 0 Å². The van der Waals surface area contributed by atoms with Gasteiger partial charge < -0.3 is 4.74 Å². The molecule has 0 fully saturated rings. The summed E-state index contributed by atoms with van der Waals surface area (Å²) in [4.78, 5) is 23.8. The molecule has 30 heavy (non-hydrogen) atoms. The molecule has 0 saturated carbocycles. The average Bonchev–Trinajstić information content (AvgIpc) is 2.71. The van der Waals surface area contributed by atoms with Crippen LogP contribution in [-0.4, -0.2) is 11.9 Å². The van der Waals surface area contributed by atoms with E-state index in [1.165, 1.54) is 64.2 Å². The Balaban J connectivity index is 0. The van der Waals surface area contributed by atoms with Crippen molar-refractivity contribution >= 4 is 11.9 Å². The fourth-order valence-corrected chi connectivity index (χ4v) is 3.53. The summed E-state index contributed by atoms with van der Waals surface area (Å²) in [5, 5.41) is 0. The van der Waals surface area contributed by atoms with Gasteiger partial charge in [-0.1, -0.05) is 97.1 Å². The first-order chi connectivity index (χ1) is 14.2. The number of esters is 2. The Morgan fingerprint density at radius 1 is 0.700 bits per heavy atom. The Labute approximate surface area is 207 Å². The van der Waals surface area contributed by atoms with Crippen LogP contribution >= 0.6 is 0 Å². The molecule has 0 saturated heterocycles. The van der Waals surface area contributed by atoms with Crippen molar-refractivity contribution in [3.05, 3.63) is 12.2 Å². The molecule has 1 unspecified atom stereocenters. The van der Waals surface area contributed by atoms with Gasteiger partial charge in [0.15, 0.2) is 0 Å². The van der Waals surface area contributed by atoms with E-state index in [4.69, 9.17) is 4.74 Å². The molecule has 172 valence electrons. The zero-order chi connectivity index (χ0) is 21.6. The summed E-state index contributed by atoms with van der Waals surface area (Å²) >= 11 is 0. The number of ether oxygens (including phenoxy) is 1. The van der Waals surface area contributed by atoms with Crippen LogP contribution in [0, 0.1) is 5.92 Å². The van der Waals surface area contributed by atoms with E-state index in [-0.39, 0.29) is 45.2 Å². The molecule has 0 amide bonds. The van der Waals surface area contributed by atoms with Gasteiger partial charge in [0.25, 0.3) is 0 Å². The second-order valence-corrected chi connectivity index (χ2v) is 8.37. The molecule has 0 aromatic rings. The van der Waals surface area contributed by atoms with Gasteiger partial charge in [0, 0.05) is 33.7 Å². The van der Waals surface area contributed by atoms with Crippen molar-refractivity contribution in [3.8, 4) is 0 Å². The van der Waals surface area contributed by atoms with E-state index in [9.17, 15) is 9.59 Å². The Bertz CT molecular complexity index is 421. The van der Waals surface area contributed by atoms with Gasteiger partial charge in [-0.25, -0.2) is 0 Å². The third-order valence-electron chi connectivity index (χ3n) is 5.59. The minimum Gasteiger partial charge on any atom is -0.393 e. The minimum atomic E-state index is -0.345. The Hall–Kier alpha value is -0.198. The molecular weight excluding hydrogens is 473 g/mol. The minimum absolute atomic E-state index is 0. The number of rotatable bonds is 20. The van der Waals surface area contributed by atoms with Crippen LogP contribution in [0.25, 0.3) is 0 Å². The molecule has 0 N–H and O–H groups in total. The van der Waals surface area contributed by atoms with Crippen LogP contribution in [0.3, 0.4) is 0 Å². The normalized spacial score (nSPS) is 12.0. The standard InChI is InChI=1S/C26H48O3.Cd/c1-4-7-9-10-11-12-13-14-15-16-17-18-19-20-21-23-25(27)29-26(28)24(6-3)22-8-5-2;/h14-15,24H,4-13,16-23H2,1-3H3;/b15-14-;. The van der Waals surface area contributed by atoms with E-state index in [1.54, 1.807) is 0 Å². The van der Waals surface area contributed by atoms with E-state index in [0.29, 0.717) is 6.42 Å². The van der Waals surface area contributed by atoms with E-state index < -0.39 is 0 Å². The number of allylic oxidation sites excluding steroid dienone is 2. The first-order valence-corrected chi connectivity index (χ1v) is 12.5. The summed E-state index contributed by atoms with van der Waals surface area (Å²) in [6.07, 6.45) is 24.7.